The van der Waals surface area contributed by atoms with Crippen LogP contribution in [0, 0.1) is 5.92 Å². The minimum Gasteiger partial charge on any atom is -0.370 e. The molecular formula is C9H18N2O. The Morgan fingerprint density at radius 2 is 2.42 bits per heavy atom. The van der Waals surface area contributed by atoms with Crippen LogP contribution in [0.25, 0.3) is 0 Å². The number of rotatable bonds is 4. The minimum absolute atomic E-state index is 0.162. The van der Waals surface area contributed by atoms with E-state index in [1.165, 1.54) is 6.42 Å². The smallest absolute Gasteiger partial charge is 0.217 e. The molecule has 1 amide bonds. The van der Waals surface area contributed by atoms with Crippen LogP contribution < -0.4 is 11.1 Å². The van der Waals surface area contributed by atoms with Crippen LogP contribution >= 0.6 is 0 Å². The second kappa shape index (κ2) is 4.45. The number of carbonyl (C=O) groups excluding carboxylic acids is 1. The molecule has 0 aliphatic carbocycles. The topological polar surface area (TPSA) is 55.1 Å². The molecule has 1 aliphatic heterocycles. The van der Waals surface area contributed by atoms with Crippen molar-refractivity contribution in [2.45, 2.75) is 38.6 Å². The highest BCUT2D eigenvalue weighted by molar-refractivity contribution is 5.74. The largest absolute Gasteiger partial charge is 0.370 e. The van der Waals surface area contributed by atoms with Crippen molar-refractivity contribution in [3.8, 4) is 0 Å². The van der Waals surface area contributed by atoms with E-state index in [1.807, 2.05) is 0 Å². The molecule has 0 aromatic rings. The van der Waals surface area contributed by atoms with E-state index in [9.17, 15) is 4.79 Å². The van der Waals surface area contributed by atoms with Gasteiger partial charge in [0.1, 0.15) is 0 Å². The maximum absolute atomic E-state index is 10.7. The lowest BCUT2D eigenvalue weighted by atomic mass is 9.94. The monoisotopic (exact) mass is 170 g/mol. The molecule has 1 heterocycles. The Morgan fingerprint density at radius 1 is 1.67 bits per heavy atom. The maximum atomic E-state index is 10.7. The first-order chi connectivity index (χ1) is 5.74. The molecule has 3 heteroatoms. The fourth-order valence-corrected chi connectivity index (χ4v) is 1.97. The van der Waals surface area contributed by atoms with E-state index in [-0.39, 0.29) is 5.91 Å². The van der Waals surface area contributed by atoms with Crippen LogP contribution in [-0.2, 0) is 4.79 Å². The standard InChI is InChI=1S/C9H18N2O/c1-2-3-8-7(4-5-11-8)6-9(10)12/h7-8,11H,2-6H2,1H3,(H2,10,12). The molecule has 0 spiro atoms. The quantitative estimate of drug-likeness (QED) is 0.650. The van der Waals surface area contributed by atoms with Crippen molar-refractivity contribution < 1.29 is 4.79 Å². The summed E-state index contributed by atoms with van der Waals surface area (Å²) >= 11 is 0. The highest BCUT2D eigenvalue weighted by Crippen LogP contribution is 2.22. The molecule has 0 aromatic heterocycles. The van der Waals surface area contributed by atoms with E-state index in [2.05, 4.69) is 12.2 Å². The van der Waals surface area contributed by atoms with Crippen LogP contribution in [0.3, 0.4) is 0 Å². The van der Waals surface area contributed by atoms with E-state index in [1.54, 1.807) is 0 Å². The second-order valence-electron chi connectivity index (χ2n) is 3.57. The Hall–Kier alpha value is -0.570. The van der Waals surface area contributed by atoms with Gasteiger partial charge in [0.2, 0.25) is 5.91 Å². The number of carbonyl (C=O) groups is 1. The number of hydrogen-bond acceptors (Lipinski definition) is 2. The molecule has 0 aromatic carbocycles. The Bertz CT molecular complexity index is 159. The summed E-state index contributed by atoms with van der Waals surface area (Å²) in [5.41, 5.74) is 5.16. The first-order valence-electron chi connectivity index (χ1n) is 4.75. The van der Waals surface area contributed by atoms with Gasteiger partial charge in [-0.05, 0) is 25.3 Å². The molecule has 0 bridgehead atoms. The number of nitrogens with one attached hydrogen (secondary N) is 1. The predicted molar refractivity (Wildman–Crippen MR) is 48.6 cm³/mol. The molecule has 70 valence electrons. The van der Waals surface area contributed by atoms with Gasteiger partial charge in [0, 0.05) is 12.5 Å². The van der Waals surface area contributed by atoms with Crippen LogP contribution in [0.15, 0.2) is 0 Å². The average molecular weight is 170 g/mol. The molecule has 3 nitrogen and oxygen atoms in total. The van der Waals surface area contributed by atoms with E-state index >= 15 is 0 Å². The lowest BCUT2D eigenvalue weighted by molar-refractivity contribution is -0.119. The summed E-state index contributed by atoms with van der Waals surface area (Å²) in [5, 5.41) is 3.41. The van der Waals surface area contributed by atoms with Crippen molar-refractivity contribution >= 4 is 5.91 Å². The number of hydrogen-bond donors (Lipinski definition) is 2. The van der Waals surface area contributed by atoms with Crippen molar-refractivity contribution in [1.82, 2.24) is 5.32 Å². The van der Waals surface area contributed by atoms with E-state index in [0.717, 1.165) is 19.4 Å². The first kappa shape index (κ1) is 9.52. The minimum atomic E-state index is -0.162. The van der Waals surface area contributed by atoms with Crippen LogP contribution in [0.5, 0.6) is 0 Å². The zero-order valence-corrected chi connectivity index (χ0v) is 7.68. The van der Waals surface area contributed by atoms with Gasteiger partial charge in [-0.3, -0.25) is 4.79 Å². The summed E-state index contributed by atoms with van der Waals surface area (Å²) in [7, 11) is 0. The molecule has 1 fully saturated rings. The zero-order chi connectivity index (χ0) is 8.97. The summed E-state index contributed by atoms with van der Waals surface area (Å²) in [6.07, 6.45) is 4.00. The maximum Gasteiger partial charge on any atom is 0.217 e. The van der Waals surface area contributed by atoms with Crippen molar-refractivity contribution in [3.63, 3.8) is 0 Å². The highest BCUT2D eigenvalue weighted by atomic mass is 16.1. The fourth-order valence-electron chi connectivity index (χ4n) is 1.97. The molecule has 1 aliphatic rings. The van der Waals surface area contributed by atoms with E-state index < -0.39 is 0 Å². The summed E-state index contributed by atoms with van der Waals surface area (Å²) < 4.78 is 0. The molecule has 12 heavy (non-hydrogen) atoms. The normalized spacial score (nSPS) is 29.1. The Morgan fingerprint density at radius 3 is 3.00 bits per heavy atom. The summed E-state index contributed by atoms with van der Waals surface area (Å²) in [6.45, 7) is 3.21. The van der Waals surface area contributed by atoms with Crippen LogP contribution in [0.1, 0.15) is 32.6 Å². The molecule has 2 atom stereocenters. The van der Waals surface area contributed by atoms with Gasteiger partial charge < -0.3 is 11.1 Å². The summed E-state index contributed by atoms with van der Waals surface area (Å²) in [6, 6.07) is 0.530. The second-order valence-corrected chi connectivity index (χ2v) is 3.57. The van der Waals surface area contributed by atoms with Gasteiger partial charge in [-0.1, -0.05) is 13.3 Å². The van der Waals surface area contributed by atoms with Crippen LogP contribution in [0.4, 0.5) is 0 Å². The van der Waals surface area contributed by atoms with Gasteiger partial charge in [0.05, 0.1) is 0 Å². The number of amides is 1. The van der Waals surface area contributed by atoms with Gasteiger partial charge in [-0.15, -0.1) is 0 Å². The average Bonchev–Trinajstić information content (AvgIpc) is 2.37. The molecule has 0 saturated carbocycles. The molecular weight excluding hydrogens is 152 g/mol. The molecule has 3 N–H and O–H groups in total. The molecule has 1 saturated heterocycles. The third-order valence-electron chi connectivity index (χ3n) is 2.55. The third kappa shape index (κ3) is 2.48. The summed E-state index contributed by atoms with van der Waals surface area (Å²) in [4.78, 5) is 10.7. The Kier molecular flexibility index (Phi) is 3.53. The van der Waals surface area contributed by atoms with Crippen LogP contribution in [-0.4, -0.2) is 18.5 Å². The SMILES string of the molecule is CCCC1NCCC1CC(N)=O. The van der Waals surface area contributed by atoms with Gasteiger partial charge in [0.15, 0.2) is 0 Å². The number of primary amides is 1. The predicted octanol–water partition coefficient (Wildman–Crippen LogP) is 0.640. The Balaban J connectivity index is 2.35. The zero-order valence-electron chi connectivity index (χ0n) is 7.68. The van der Waals surface area contributed by atoms with Crippen molar-refractivity contribution in [3.05, 3.63) is 0 Å². The molecule has 1 rings (SSSR count). The highest BCUT2D eigenvalue weighted by Gasteiger charge is 2.26. The number of nitrogens with two attached hydrogens (primary N) is 1. The molecule has 0 radical (unpaired) electrons. The van der Waals surface area contributed by atoms with Crippen molar-refractivity contribution in [1.29, 1.82) is 0 Å². The van der Waals surface area contributed by atoms with Crippen molar-refractivity contribution in [2.75, 3.05) is 6.54 Å². The van der Waals surface area contributed by atoms with Gasteiger partial charge >= 0.3 is 0 Å². The lowest BCUT2D eigenvalue weighted by Crippen LogP contribution is -2.29. The molecule has 2 unspecified atom stereocenters. The lowest BCUT2D eigenvalue weighted by Gasteiger charge is -2.16. The Labute approximate surface area is 73.7 Å². The van der Waals surface area contributed by atoms with Gasteiger partial charge in [0.25, 0.3) is 0 Å². The van der Waals surface area contributed by atoms with E-state index in [0.29, 0.717) is 18.4 Å². The van der Waals surface area contributed by atoms with Gasteiger partial charge in [-0.25, -0.2) is 0 Å². The first-order valence-corrected chi connectivity index (χ1v) is 4.75. The fraction of sp³-hybridized carbons (Fsp3) is 0.889. The van der Waals surface area contributed by atoms with Crippen molar-refractivity contribution in [2.24, 2.45) is 11.7 Å². The van der Waals surface area contributed by atoms with Gasteiger partial charge in [-0.2, -0.15) is 0 Å². The summed E-state index contributed by atoms with van der Waals surface area (Å²) in [5.74, 6) is 0.326. The third-order valence-corrected chi connectivity index (χ3v) is 2.55. The van der Waals surface area contributed by atoms with E-state index in [4.69, 9.17) is 5.73 Å². The van der Waals surface area contributed by atoms with Crippen LogP contribution in [0.2, 0.25) is 0 Å².